The van der Waals surface area contributed by atoms with Gasteiger partial charge in [0, 0.05) is 45.3 Å². The van der Waals surface area contributed by atoms with Crippen LogP contribution in [0.1, 0.15) is 39.0 Å². The van der Waals surface area contributed by atoms with Gasteiger partial charge in [-0.25, -0.2) is 0 Å². The Morgan fingerprint density at radius 3 is 1.89 bits per heavy atom. The fourth-order valence-electron chi connectivity index (χ4n) is 3.57. The monoisotopic (exact) mass is 265 g/mol. The summed E-state index contributed by atoms with van der Waals surface area (Å²) in [6.07, 6.45) is 7.26. The van der Waals surface area contributed by atoms with Crippen LogP contribution >= 0.6 is 0 Å². The van der Waals surface area contributed by atoms with Gasteiger partial charge in [-0.1, -0.05) is 6.92 Å². The van der Waals surface area contributed by atoms with Gasteiger partial charge in [-0.05, 0) is 50.5 Å². The first-order valence-corrected chi connectivity index (χ1v) is 8.55. The Balaban J connectivity index is 1.30. The zero-order chi connectivity index (χ0) is 13.1. The quantitative estimate of drug-likeness (QED) is 0.722. The lowest BCUT2D eigenvalue weighted by molar-refractivity contribution is 0.131. The number of hydrogen-bond acceptors (Lipinski definition) is 3. The second kappa shape index (κ2) is 6.55. The third-order valence-electron chi connectivity index (χ3n) is 5.07. The maximum Gasteiger partial charge on any atom is 0.0124 e. The van der Waals surface area contributed by atoms with Crippen molar-refractivity contribution in [2.75, 3.05) is 45.8 Å². The molecule has 0 amide bonds. The van der Waals surface area contributed by atoms with Crippen LogP contribution in [0.5, 0.6) is 0 Å². The van der Waals surface area contributed by atoms with Crippen LogP contribution < -0.4 is 5.32 Å². The summed E-state index contributed by atoms with van der Waals surface area (Å²) in [7, 11) is 0. The van der Waals surface area contributed by atoms with Crippen LogP contribution in [0, 0.1) is 11.8 Å². The number of hydrogen-bond donors (Lipinski definition) is 1. The summed E-state index contributed by atoms with van der Waals surface area (Å²) < 4.78 is 0. The third-order valence-corrected chi connectivity index (χ3v) is 5.07. The first-order valence-electron chi connectivity index (χ1n) is 8.55. The third kappa shape index (κ3) is 4.17. The molecule has 0 bridgehead atoms. The summed E-state index contributed by atoms with van der Waals surface area (Å²) in [6.45, 7) is 11.2. The fourth-order valence-corrected chi connectivity index (χ4v) is 3.57. The molecule has 110 valence electrons. The molecule has 3 fully saturated rings. The lowest BCUT2D eigenvalue weighted by Gasteiger charge is -2.34. The van der Waals surface area contributed by atoms with Crippen molar-refractivity contribution >= 4 is 0 Å². The van der Waals surface area contributed by atoms with Gasteiger partial charge in [0.2, 0.25) is 0 Å². The second-order valence-electron chi connectivity index (χ2n) is 6.84. The highest BCUT2D eigenvalue weighted by atomic mass is 15.3. The van der Waals surface area contributed by atoms with Crippen LogP contribution in [0.2, 0.25) is 0 Å². The Bertz CT molecular complexity index is 253. The molecule has 1 saturated heterocycles. The second-order valence-corrected chi connectivity index (χ2v) is 6.84. The van der Waals surface area contributed by atoms with Crippen molar-refractivity contribution < 1.29 is 0 Å². The van der Waals surface area contributed by atoms with Crippen molar-refractivity contribution in [3.63, 3.8) is 0 Å². The molecule has 3 heteroatoms. The van der Waals surface area contributed by atoms with Gasteiger partial charge < -0.3 is 10.2 Å². The molecule has 19 heavy (non-hydrogen) atoms. The van der Waals surface area contributed by atoms with Crippen LogP contribution in [0.25, 0.3) is 0 Å². The van der Waals surface area contributed by atoms with Gasteiger partial charge >= 0.3 is 0 Å². The summed E-state index contributed by atoms with van der Waals surface area (Å²) in [5.41, 5.74) is 0. The highest BCUT2D eigenvalue weighted by molar-refractivity contribution is 4.96. The molecule has 0 aromatic rings. The molecule has 0 aromatic carbocycles. The van der Waals surface area contributed by atoms with E-state index in [4.69, 9.17) is 0 Å². The molecule has 1 heterocycles. The number of rotatable bonds is 8. The van der Waals surface area contributed by atoms with E-state index in [0.717, 1.165) is 17.9 Å². The number of piperazine rings is 1. The van der Waals surface area contributed by atoms with E-state index >= 15 is 0 Å². The summed E-state index contributed by atoms with van der Waals surface area (Å²) in [4.78, 5) is 5.26. The topological polar surface area (TPSA) is 18.5 Å². The van der Waals surface area contributed by atoms with Crippen molar-refractivity contribution in [1.82, 2.24) is 15.1 Å². The molecule has 1 aliphatic heterocycles. The molecular formula is C16H31N3. The Morgan fingerprint density at radius 2 is 1.42 bits per heavy atom. The standard InChI is InChI=1S/C16H31N3/c1-2-8-18-10-12-19(13-11-18)9-7-17-16(14-3-4-14)15-5-6-15/h14-17H,2-13H2,1H3. The maximum absolute atomic E-state index is 3.87. The van der Waals surface area contributed by atoms with Gasteiger partial charge in [0.05, 0.1) is 0 Å². The fraction of sp³-hybridized carbons (Fsp3) is 1.00. The van der Waals surface area contributed by atoms with E-state index in [1.54, 1.807) is 0 Å². The summed E-state index contributed by atoms with van der Waals surface area (Å²) in [5.74, 6) is 2.07. The van der Waals surface area contributed by atoms with Crippen LogP contribution in [0.15, 0.2) is 0 Å². The van der Waals surface area contributed by atoms with Crippen molar-refractivity contribution in [1.29, 1.82) is 0 Å². The Labute approximate surface area is 118 Å². The predicted molar refractivity (Wildman–Crippen MR) is 80.4 cm³/mol. The molecule has 2 aliphatic carbocycles. The highest BCUT2D eigenvalue weighted by Gasteiger charge is 2.40. The Morgan fingerprint density at radius 1 is 0.895 bits per heavy atom. The largest absolute Gasteiger partial charge is 0.312 e. The van der Waals surface area contributed by atoms with Crippen molar-refractivity contribution in [2.24, 2.45) is 11.8 Å². The van der Waals surface area contributed by atoms with E-state index in [-0.39, 0.29) is 0 Å². The Kier molecular flexibility index (Phi) is 4.78. The molecule has 2 saturated carbocycles. The lowest BCUT2D eigenvalue weighted by Crippen LogP contribution is -2.49. The van der Waals surface area contributed by atoms with Crippen LogP contribution in [-0.4, -0.2) is 61.7 Å². The molecule has 0 radical (unpaired) electrons. The van der Waals surface area contributed by atoms with E-state index in [2.05, 4.69) is 22.0 Å². The average molecular weight is 265 g/mol. The molecule has 0 unspecified atom stereocenters. The molecule has 3 rings (SSSR count). The first-order chi connectivity index (χ1) is 9.36. The highest BCUT2D eigenvalue weighted by Crippen LogP contribution is 2.44. The van der Waals surface area contributed by atoms with E-state index in [0.29, 0.717) is 0 Å². The molecule has 0 aromatic heterocycles. The summed E-state index contributed by atoms with van der Waals surface area (Å²) in [5, 5.41) is 3.87. The normalized spacial score (nSPS) is 26.2. The molecule has 3 aliphatic rings. The zero-order valence-corrected chi connectivity index (χ0v) is 12.6. The number of nitrogens with zero attached hydrogens (tertiary/aromatic N) is 2. The smallest absolute Gasteiger partial charge is 0.0124 e. The van der Waals surface area contributed by atoms with Gasteiger partial charge in [0.1, 0.15) is 0 Å². The SMILES string of the molecule is CCCN1CCN(CCNC(C2CC2)C2CC2)CC1. The molecule has 0 spiro atoms. The molecule has 3 nitrogen and oxygen atoms in total. The lowest BCUT2D eigenvalue weighted by atomic mass is 10.1. The van der Waals surface area contributed by atoms with Gasteiger partial charge in [-0.15, -0.1) is 0 Å². The molecular weight excluding hydrogens is 234 g/mol. The van der Waals surface area contributed by atoms with Gasteiger partial charge in [0.15, 0.2) is 0 Å². The minimum Gasteiger partial charge on any atom is -0.312 e. The molecule has 1 N–H and O–H groups in total. The molecule has 0 atom stereocenters. The van der Waals surface area contributed by atoms with Crippen molar-refractivity contribution in [3.05, 3.63) is 0 Å². The summed E-state index contributed by atoms with van der Waals surface area (Å²) >= 11 is 0. The van der Waals surface area contributed by atoms with Gasteiger partial charge in [-0.2, -0.15) is 0 Å². The van der Waals surface area contributed by atoms with E-state index in [9.17, 15) is 0 Å². The minimum atomic E-state index is 0.876. The predicted octanol–water partition coefficient (Wildman–Crippen LogP) is 1.79. The van der Waals surface area contributed by atoms with Crippen molar-refractivity contribution in [2.45, 2.75) is 45.1 Å². The van der Waals surface area contributed by atoms with Gasteiger partial charge in [0.25, 0.3) is 0 Å². The van der Waals surface area contributed by atoms with Crippen molar-refractivity contribution in [3.8, 4) is 0 Å². The van der Waals surface area contributed by atoms with Crippen LogP contribution in [0.4, 0.5) is 0 Å². The Hall–Kier alpha value is -0.120. The van der Waals surface area contributed by atoms with Crippen LogP contribution in [-0.2, 0) is 0 Å². The minimum absolute atomic E-state index is 0.876. The first kappa shape index (κ1) is 13.8. The van der Waals surface area contributed by atoms with E-state index in [1.165, 1.54) is 77.9 Å². The van der Waals surface area contributed by atoms with E-state index in [1.807, 2.05) is 0 Å². The number of nitrogens with one attached hydrogen (secondary N) is 1. The average Bonchev–Trinajstić information content (AvgIpc) is 3.29. The van der Waals surface area contributed by atoms with Crippen LogP contribution in [0.3, 0.4) is 0 Å². The maximum atomic E-state index is 3.87. The summed E-state index contributed by atoms with van der Waals surface area (Å²) in [6, 6.07) is 0.876. The zero-order valence-electron chi connectivity index (χ0n) is 12.6. The van der Waals surface area contributed by atoms with E-state index < -0.39 is 0 Å². The van der Waals surface area contributed by atoms with Gasteiger partial charge in [-0.3, -0.25) is 4.90 Å².